The van der Waals surface area contributed by atoms with E-state index in [9.17, 15) is 0 Å². The van der Waals surface area contributed by atoms with Gasteiger partial charge in [0.2, 0.25) is 0 Å². The fourth-order valence-electron chi connectivity index (χ4n) is 2.87. The highest BCUT2D eigenvalue weighted by molar-refractivity contribution is 7.97. The molecule has 1 aliphatic rings. The summed E-state index contributed by atoms with van der Waals surface area (Å²) >= 11 is 0. The molecule has 1 heterocycles. The SMILES string of the molecule is Cc1cc(C(C)(C)C)cc(C)c1[S+]1CCCCC1. The summed E-state index contributed by atoms with van der Waals surface area (Å²) in [6.07, 6.45) is 4.31. The van der Waals surface area contributed by atoms with Gasteiger partial charge in [-0.25, -0.2) is 0 Å². The number of hydrogen-bond acceptors (Lipinski definition) is 0. The Labute approximate surface area is 116 Å². The van der Waals surface area contributed by atoms with Gasteiger partial charge in [0.05, 0.1) is 0 Å². The lowest BCUT2D eigenvalue weighted by molar-refractivity contribution is 0.588. The summed E-state index contributed by atoms with van der Waals surface area (Å²) in [4.78, 5) is 1.68. The van der Waals surface area contributed by atoms with Crippen LogP contribution in [0.15, 0.2) is 17.0 Å². The highest BCUT2D eigenvalue weighted by atomic mass is 32.2. The number of rotatable bonds is 1. The molecular weight excluding hydrogens is 236 g/mol. The quantitative estimate of drug-likeness (QED) is 0.641. The van der Waals surface area contributed by atoms with Crippen LogP contribution in [-0.4, -0.2) is 11.5 Å². The van der Waals surface area contributed by atoms with Gasteiger partial charge in [-0.1, -0.05) is 32.9 Å². The summed E-state index contributed by atoms with van der Waals surface area (Å²) in [7, 11) is 0.534. The van der Waals surface area contributed by atoms with Crippen molar-refractivity contribution in [1.29, 1.82) is 0 Å². The first-order valence-corrected chi connectivity index (χ1v) is 8.75. The van der Waals surface area contributed by atoms with Crippen molar-refractivity contribution in [2.75, 3.05) is 11.5 Å². The highest BCUT2D eigenvalue weighted by Gasteiger charge is 2.29. The predicted octanol–water partition coefficient (Wildman–Crippen LogP) is 4.76. The summed E-state index contributed by atoms with van der Waals surface area (Å²) in [5.41, 5.74) is 4.82. The van der Waals surface area contributed by atoms with Crippen LogP contribution in [0.5, 0.6) is 0 Å². The van der Waals surface area contributed by atoms with E-state index >= 15 is 0 Å². The van der Waals surface area contributed by atoms with Crippen LogP contribution in [0.2, 0.25) is 0 Å². The Morgan fingerprint density at radius 3 is 1.83 bits per heavy atom. The Morgan fingerprint density at radius 1 is 0.889 bits per heavy atom. The molecular formula is C17H27S+. The molecule has 0 atom stereocenters. The lowest BCUT2D eigenvalue weighted by atomic mass is 9.85. The maximum atomic E-state index is 2.43. The molecule has 0 aliphatic carbocycles. The van der Waals surface area contributed by atoms with E-state index in [4.69, 9.17) is 0 Å². The zero-order valence-electron chi connectivity index (χ0n) is 12.6. The lowest BCUT2D eigenvalue weighted by Crippen LogP contribution is -2.21. The van der Waals surface area contributed by atoms with Gasteiger partial charge in [-0.3, -0.25) is 0 Å². The van der Waals surface area contributed by atoms with Crippen LogP contribution < -0.4 is 0 Å². The molecule has 0 spiro atoms. The Hall–Kier alpha value is -0.430. The summed E-state index contributed by atoms with van der Waals surface area (Å²) in [6.45, 7) is 11.6. The van der Waals surface area contributed by atoms with Crippen molar-refractivity contribution in [1.82, 2.24) is 0 Å². The third-order valence-corrected chi connectivity index (χ3v) is 6.68. The zero-order chi connectivity index (χ0) is 13.3. The van der Waals surface area contributed by atoms with Crippen molar-refractivity contribution in [2.24, 2.45) is 0 Å². The van der Waals surface area contributed by atoms with Crippen molar-refractivity contribution >= 4 is 10.9 Å². The van der Waals surface area contributed by atoms with Gasteiger partial charge in [-0.05, 0) is 44.1 Å². The first-order chi connectivity index (χ1) is 8.39. The first kappa shape index (κ1) is 14.0. The fourth-order valence-corrected chi connectivity index (χ4v) is 5.62. The molecule has 0 bridgehead atoms. The van der Waals surface area contributed by atoms with Crippen LogP contribution >= 0.6 is 0 Å². The molecule has 1 saturated heterocycles. The number of aryl methyl sites for hydroxylation is 2. The third kappa shape index (κ3) is 2.93. The van der Waals surface area contributed by atoms with Gasteiger partial charge in [0, 0.05) is 22.0 Å². The number of hydrogen-bond donors (Lipinski definition) is 0. The molecule has 1 heteroatoms. The Morgan fingerprint density at radius 2 is 1.39 bits per heavy atom. The lowest BCUT2D eigenvalue weighted by Gasteiger charge is -2.23. The van der Waals surface area contributed by atoms with Crippen LogP contribution in [-0.2, 0) is 16.3 Å². The van der Waals surface area contributed by atoms with E-state index in [0.717, 1.165) is 0 Å². The smallest absolute Gasteiger partial charge is 0.0561 e. The van der Waals surface area contributed by atoms with Crippen LogP contribution in [0, 0.1) is 13.8 Å². The van der Waals surface area contributed by atoms with Crippen molar-refractivity contribution in [3.05, 3.63) is 28.8 Å². The second-order valence-corrected chi connectivity index (χ2v) is 8.86. The molecule has 1 fully saturated rings. The second kappa shape index (κ2) is 5.28. The van der Waals surface area contributed by atoms with Gasteiger partial charge in [0.15, 0.2) is 4.90 Å². The molecule has 0 N–H and O–H groups in total. The van der Waals surface area contributed by atoms with Crippen molar-refractivity contribution < 1.29 is 0 Å². The highest BCUT2D eigenvalue weighted by Crippen LogP contribution is 2.32. The summed E-state index contributed by atoms with van der Waals surface area (Å²) in [5, 5.41) is 0. The average Bonchev–Trinajstić information content (AvgIpc) is 2.28. The third-order valence-electron chi connectivity index (χ3n) is 3.90. The second-order valence-electron chi connectivity index (χ2n) is 6.65. The van der Waals surface area contributed by atoms with Gasteiger partial charge in [-0.2, -0.15) is 0 Å². The van der Waals surface area contributed by atoms with E-state index in [1.807, 2.05) is 0 Å². The van der Waals surface area contributed by atoms with Crippen molar-refractivity contribution in [3.63, 3.8) is 0 Å². The molecule has 0 saturated carbocycles. The van der Waals surface area contributed by atoms with E-state index < -0.39 is 0 Å². The molecule has 0 aromatic heterocycles. The van der Waals surface area contributed by atoms with Gasteiger partial charge in [0.25, 0.3) is 0 Å². The largest absolute Gasteiger partial charge is 0.160 e. The van der Waals surface area contributed by atoms with Crippen molar-refractivity contribution in [3.8, 4) is 0 Å². The zero-order valence-corrected chi connectivity index (χ0v) is 13.4. The van der Waals surface area contributed by atoms with Gasteiger partial charge in [0.1, 0.15) is 11.5 Å². The van der Waals surface area contributed by atoms with Gasteiger partial charge >= 0.3 is 0 Å². The fraction of sp³-hybridized carbons (Fsp3) is 0.647. The van der Waals surface area contributed by atoms with Crippen molar-refractivity contribution in [2.45, 2.75) is 64.2 Å². The first-order valence-electron chi connectivity index (χ1n) is 7.19. The Bertz CT molecular complexity index is 397. The maximum Gasteiger partial charge on any atom is 0.160 e. The molecule has 2 rings (SSSR count). The topological polar surface area (TPSA) is 0 Å². The summed E-state index contributed by atoms with van der Waals surface area (Å²) < 4.78 is 0. The monoisotopic (exact) mass is 263 g/mol. The van der Waals surface area contributed by atoms with E-state index in [-0.39, 0.29) is 5.41 Å². The molecule has 0 radical (unpaired) electrons. The Balaban J connectivity index is 2.37. The maximum absolute atomic E-state index is 2.43. The van der Waals surface area contributed by atoms with Gasteiger partial charge in [-0.15, -0.1) is 0 Å². The molecule has 1 aromatic carbocycles. The van der Waals surface area contributed by atoms with E-state index in [1.54, 1.807) is 4.90 Å². The molecule has 18 heavy (non-hydrogen) atoms. The molecule has 1 aromatic rings. The van der Waals surface area contributed by atoms with Crippen LogP contribution in [0.3, 0.4) is 0 Å². The molecule has 0 amide bonds. The molecule has 0 nitrogen and oxygen atoms in total. The minimum Gasteiger partial charge on any atom is -0.0561 e. The van der Waals surface area contributed by atoms with Crippen LogP contribution in [0.4, 0.5) is 0 Å². The minimum atomic E-state index is 0.268. The van der Waals surface area contributed by atoms with E-state index in [1.165, 1.54) is 47.5 Å². The Kier molecular flexibility index (Phi) is 4.11. The van der Waals surface area contributed by atoms with Crippen LogP contribution in [0.1, 0.15) is 56.7 Å². The van der Waals surface area contributed by atoms with Gasteiger partial charge < -0.3 is 0 Å². The van der Waals surface area contributed by atoms with E-state index in [0.29, 0.717) is 10.9 Å². The van der Waals surface area contributed by atoms with E-state index in [2.05, 4.69) is 46.8 Å². The molecule has 1 aliphatic heterocycles. The normalized spacial score (nSPS) is 18.1. The number of benzene rings is 1. The molecule has 0 unspecified atom stereocenters. The average molecular weight is 263 g/mol. The standard InChI is InChI=1S/C17H27S/c1-13-11-15(17(3,4)5)12-14(2)16(13)18-9-7-6-8-10-18/h11-12H,6-10H2,1-5H3/q+1. The molecule has 100 valence electrons. The van der Waals surface area contributed by atoms with Crippen LogP contribution in [0.25, 0.3) is 0 Å². The summed E-state index contributed by atoms with van der Waals surface area (Å²) in [5.74, 6) is 2.85. The predicted molar refractivity (Wildman–Crippen MR) is 83.8 cm³/mol. The minimum absolute atomic E-state index is 0.268. The summed E-state index contributed by atoms with van der Waals surface area (Å²) in [6, 6.07) is 4.87.